The number of nitrogens with zero attached hydrogens (tertiary/aromatic N) is 1. The molecule has 0 N–H and O–H groups in total. The smallest absolute Gasteiger partial charge is 0.254 e. The minimum Gasteiger partial charge on any atom is -0.479 e. The van der Waals surface area contributed by atoms with Crippen LogP contribution in [0.2, 0.25) is 0 Å². The summed E-state index contributed by atoms with van der Waals surface area (Å²) in [4.78, 5) is 0. The van der Waals surface area contributed by atoms with Gasteiger partial charge in [0, 0.05) is 17.0 Å². The molecule has 0 amide bonds. The van der Waals surface area contributed by atoms with Gasteiger partial charge in [0.05, 0.1) is 7.11 Å². The summed E-state index contributed by atoms with van der Waals surface area (Å²) >= 11 is 3.25. The summed E-state index contributed by atoms with van der Waals surface area (Å²) in [5.41, 5.74) is 0.848. The molecule has 0 aromatic carbocycles. The Hall–Kier alpha value is -0.770. The largest absolute Gasteiger partial charge is 0.479 e. The molecule has 1 heterocycles. The van der Waals surface area contributed by atoms with Gasteiger partial charge in [-0.3, -0.25) is 0 Å². The van der Waals surface area contributed by atoms with E-state index in [9.17, 15) is 0 Å². The maximum atomic E-state index is 4.90. The van der Waals surface area contributed by atoms with Gasteiger partial charge in [-0.25, -0.2) is 0 Å². The van der Waals surface area contributed by atoms with E-state index in [1.165, 1.54) is 0 Å². The lowest BCUT2D eigenvalue weighted by molar-refractivity contribution is 0.336. The molecule has 0 bridgehead atoms. The number of halogens is 1. The number of allylic oxidation sites excluding steroid dienone is 1. The molecule has 0 aliphatic heterocycles. The summed E-state index contributed by atoms with van der Waals surface area (Å²) in [5.74, 6) is 1.13. The van der Waals surface area contributed by atoms with Crippen LogP contribution in [0.15, 0.2) is 17.2 Å². The van der Waals surface area contributed by atoms with Crippen molar-refractivity contribution in [2.45, 2.75) is 0 Å². The molecular weight excluding hydrogens is 210 g/mol. The van der Waals surface area contributed by atoms with Gasteiger partial charge >= 0.3 is 0 Å². The van der Waals surface area contributed by atoms with Crippen molar-refractivity contribution < 1.29 is 9.26 Å². The van der Waals surface area contributed by atoms with Crippen LogP contribution in [0.25, 0.3) is 5.57 Å². The van der Waals surface area contributed by atoms with Crippen LogP contribution in [0, 0.1) is 0 Å². The Morgan fingerprint density at radius 3 is 3.09 bits per heavy atom. The summed E-state index contributed by atoms with van der Waals surface area (Å²) in [6.45, 7) is 3.75. The minimum atomic E-state index is 0.474. The maximum absolute atomic E-state index is 4.90. The van der Waals surface area contributed by atoms with Crippen LogP contribution in [-0.2, 0) is 0 Å². The first-order valence-electron chi connectivity index (χ1n) is 3.02. The van der Waals surface area contributed by atoms with Crippen LogP contribution in [0.4, 0.5) is 0 Å². The zero-order chi connectivity index (χ0) is 8.27. The molecule has 1 aromatic heterocycles. The third kappa shape index (κ3) is 1.83. The molecule has 0 atom stereocenters. The van der Waals surface area contributed by atoms with Gasteiger partial charge < -0.3 is 9.26 Å². The lowest BCUT2D eigenvalue weighted by Crippen LogP contribution is -1.79. The Morgan fingerprint density at radius 1 is 1.91 bits per heavy atom. The SMILES string of the molecule is C=C(CBr)c1cc(OC)no1. The van der Waals surface area contributed by atoms with Crippen molar-refractivity contribution >= 4 is 21.5 Å². The highest BCUT2D eigenvalue weighted by Gasteiger charge is 2.05. The number of alkyl halides is 1. The Morgan fingerprint density at radius 2 is 2.64 bits per heavy atom. The molecule has 0 aliphatic carbocycles. The van der Waals surface area contributed by atoms with Crippen LogP contribution in [0.1, 0.15) is 5.76 Å². The highest BCUT2D eigenvalue weighted by Crippen LogP contribution is 2.18. The number of methoxy groups -OCH3 is 1. The molecule has 0 radical (unpaired) electrons. The molecule has 60 valence electrons. The second-order valence-corrected chi connectivity index (χ2v) is 2.53. The zero-order valence-electron chi connectivity index (χ0n) is 6.13. The number of aromatic nitrogens is 1. The first-order valence-corrected chi connectivity index (χ1v) is 4.15. The Balaban J connectivity index is 2.80. The number of hydrogen-bond donors (Lipinski definition) is 0. The van der Waals surface area contributed by atoms with E-state index in [4.69, 9.17) is 9.26 Å². The molecule has 0 fully saturated rings. The molecule has 0 saturated carbocycles. The van der Waals surface area contributed by atoms with Gasteiger partial charge in [0.15, 0.2) is 5.76 Å². The molecule has 0 spiro atoms. The predicted octanol–water partition coefficient (Wildman–Crippen LogP) is 2.09. The van der Waals surface area contributed by atoms with Crippen molar-refractivity contribution in [2.24, 2.45) is 0 Å². The second kappa shape index (κ2) is 3.57. The van der Waals surface area contributed by atoms with Gasteiger partial charge in [-0.15, -0.1) is 0 Å². The third-order valence-corrected chi connectivity index (χ3v) is 1.88. The Kier molecular flexibility index (Phi) is 2.70. The fourth-order valence-corrected chi connectivity index (χ4v) is 0.864. The van der Waals surface area contributed by atoms with Crippen molar-refractivity contribution in [3.63, 3.8) is 0 Å². The Bertz CT molecular complexity index is 257. The van der Waals surface area contributed by atoms with Crippen molar-refractivity contribution in [1.29, 1.82) is 0 Å². The lowest BCUT2D eigenvalue weighted by atomic mass is 10.3. The van der Waals surface area contributed by atoms with E-state index >= 15 is 0 Å². The summed E-state index contributed by atoms with van der Waals surface area (Å²) in [7, 11) is 1.54. The van der Waals surface area contributed by atoms with E-state index < -0.39 is 0 Å². The first kappa shape index (κ1) is 8.33. The van der Waals surface area contributed by atoms with Crippen molar-refractivity contribution in [2.75, 3.05) is 12.4 Å². The van der Waals surface area contributed by atoms with Crippen LogP contribution >= 0.6 is 15.9 Å². The lowest BCUT2D eigenvalue weighted by Gasteiger charge is -1.90. The molecule has 0 unspecified atom stereocenters. The number of rotatable bonds is 3. The topological polar surface area (TPSA) is 35.3 Å². The predicted molar refractivity (Wildman–Crippen MR) is 45.9 cm³/mol. The standard InChI is InChI=1S/C7H8BrNO2/c1-5(4-8)6-3-7(10-2)9-11-6/h3H,1,4H2,2H3. The van der Waals surface area contributed by atoms with E-state index in [2.05, 4.69) is 27.7 Å². The van der Waals surface area contributed by atoms with E-state index in [0.29, 0.717) is 17.0 Å². The molecule has 11 heavy (non-hydrogen) atoms. The van der Waals surface area contributed by atoms with Crippen LogP contribution in [0.5, 0.6) is 5.88 Å². The Labute approximate surface area is 73.1 Å². The van der Waals surface area contributed by atoms with Crippen LogP contribution < -0.4 is 4.74 Å². The summed E-state index contributed by atoms with van der Waals surface area (Å²) < 4.78 is 9.73. The quantitative estimate of drug-likeness (QED) is 0.728. The fourth-order valence-electron chi connectivity index (χ4n) is 0.588. The average Bonchev–Trinajstić information content (AvgIpc) is 2.50. The van der Waals surface area contributed by atoms with Crippen molar-refractivity contribution in [3.05, 3.63) is 18.4 Å². The third-order valence-electron chi connectivity index (χ3n) is 1.21. The number of ether oxygens (including phenoxy) is 1. The summed E-state index contributed by atoms with van der Waals surface area (Å²) in [6, 6.07) is 1.70. The zero-order valence-corrected chi connectivity index (χ0v) is 7.72. The van der Waals surface area contributed by atoms with Gasteiger partial charge in [0.25, 0.3) is 5.88 Å². The van der Waals surface area contributed by atoms with E-state index in [-0.39, 0.29) is 0 Å². The normalized spacial score (nSPS) is 9.64. The molecule has 0 saturated heterocycles. The molecule has 4 heteroatoms. The first-order chi connectivity index (χ1) is 5.27. The highest BCUT2D eigenvalue weighted by atomic mass is 79.9. The van der Waals surface area contributed by atoms with Gasteiger partial charge in [0.1, 0.15) is 0 Å². The van der Waals surface area contributed by atoms with Crippen LogP contribution in [0.3, 0.4) is 0 Å². The van der Waals surface area contributed by atoms with Crippen molar-refractivity contribution in [1.82, 2.24) is 5.16 Å². The second-order valence-electron chi connectivity index (χ2n) is 1.97. The number of hydrogen-bond acceptors (Lipinski definition) is 3. The van der Waals surface area contributed by atoms with E-state index in [0.717, 1.165) is 5.57 Å². The maximum Gasteiger partial charge on any atom is 0.254 e. The van der Waals surface area contributed by atoms with E-state index in [1.807, 2.05) is 0 Å². The highest BCUT2D eigenvalue weighted by molar-refractivity contribution is 9.09. The van der Waals surface area contributed by atoms with Gasteiger partial charge in [0.2, 0.25) is 0 Å². The summed E-state index contributed by atoms with van der Waals surface area (Å²) in [5, 5.41) is 4.30. The molecule has 1 rings (SSSR count). The molecule has 3 nitrogen and oxygen atoms in total. The van der Waals surface area contributed by atoms with E-state index in [1.54, 1.807) is 13.2 Å². The molecular formula is C7H8BrNO2. The van der Waals surface area contributed by atoms with Crippen molar-refractivity contribution in [3.8, 4) is 5.88 Å². The van der Waals surface area contributed by atoms with Crippen LogP contribution in [-0.4, -0.2) is 17.6 Å². The fraction of sp³-hybridized carbons (Fsp3) is 0.286. The van der Waals surface area contributed by atoms with Gasteiger partial charge in [-0.05, 0) is 5.16 Å². The van der Waals surface area contributed by atoms with Gasteiger partial charge in [-0.2, -0.15) is 0 Å². The average molecular weight is 218 g/mol. The van der Waals surface area contributed by atoms with Gasteiger partial charge in [-0.1, -0.05) is 22.5 Å². The molecule has 0 aliphatic rings. The minimum absolute atomic E-state index is 0.474. The summed E-state index contributed by atoms with van der Waals surface area (Å²) in [6.07, 6.45) is 0. The monoisotopic (exact) mass is 217 g/mol. The molecule has 1 aromatic rings.